The summed E-state index contributed by atoms with van der Waals surface area (Å²) >= 11 is 0. The van der Waals surface area contributed by atoms with Crippen LogP contribution in [0.25, 0.3) is 22.0 Å². The van der Waals surface area contributed by atoms with E-state index >= 15 is 0 Å². The van der Waals surface area contributed by atoms with Crippen molar-refractivity contribution in [2.45, 2.75) is 13.0 Å². The van der Waals surface area contributed by atoms with E-state index in [-0.39, 0.29) is 6.04 Å². The molecule has 0 spiro atoms. The molecule has 24 heavy (non-hydrogen) atoms. The summed E-state index contributed by atoms with van der Waals surface area (Å²) in [5.74, 6) is 1.31. The number of hydrogen-bond acceptors (Lipinski definition) is 6. The lowest BCUT2D eigenvalue weighted by atomic mass is 10.0. The van der Waals surface area contributed by atoms with E-state index in [2.05, 4.69) is 43.1 Å². The summed E-state index contributed by atoms with van der Waals surface area (Å²) in [5, 5.41) is 24.8. The molecule has 0 saturated heterocycles. The maximum absolute atomic E-state index is 5.53. The smallest absolute Gasteiger partial charge is 0.198 e. The number of H-pyrrole nitrogens is 1. The fraction of sp³-hybridized carbons (Fsp3) is 0.188. The Morgan fingerprint density at radius 3 is 2.79 bits per heavy atom. The third kappa shape index (κ3) is 2.28. The Kier molecular flexibility index (Phi) is 3.42. The molecule has 1 atom stereocenters. The number of fused-ring (bicyclic) bond motifs is 1. The van der Waals surface area contributed by atoms with E-state index < -0.39 is 0 Å². The number of nitrogens with one attached hydrogen (secondary N) is 1. The second kappa shape index (κ2) is 5.73. The maximum atomic E-state index is 5.53. The highest BCUT2D eigenvalue weighted by molar-refractivity contribution is 5.98. The van der Waals surface area contributed by atoms with Gasteiger partial charge in [-0.3, -0.25) is 0 Å². The molecule has 0 aliphatic heterocycles. The molecule has 8 heteroatoms. The minimum atomic E-state index is -0.175. The number of benzene rings is 2. The van der Waals surface area contributed by atoms with Crippen molar-refractivity contribution in [3.8, 4) is 17.0 Å². The van der Waals surface area contributed by atoms with Gasteiger partial charge in [-0.15, -0.1) is 15.3 Å². The largest absolute Gasteiger partial charge is 0.496 e. The van der Waals surface area contributed by atoms with E-state index in [9.17, 15) is 0 Å². The van der Waals surface area contributed by atoms with Gasteiger partial charge in [-0.05, 0) is 23.8 Å². The molecule has 0 unspecified atom stereocenters. The maximum Gasteiger partial charge on any atom is 0.198 e. The third-order valence-electron chi connectivity index (χ3n) is 4.01. The first-order chi connectivity index (χ1) is 11.8. The topological polar surface area (TPSA) is 94.4 Å². The van der Waals surface area contributed by atoms with Gasteiger partial charge in [0.1, 0.15) is 17.5 Å². The van der Waals surface area contributed by atoms with Gasteiger partial charge in [-0.25, -0.2) is 4.68 Å². The zero-order valence-corrected chi connectivity index (χ0v) is 13.2. The van der Waals surface area contributed by atoms with Crippen LogP contribution in [0.1, 0.15) is 18.8 Å². The van der Waals surface area contributed by atoms with Crippen molar-refractivity contribution in [1.82, 2.24) is 35.6 Å². The summed E-state index contributed by atoms with van der Waals surface area (Å²) in [4.78, 5) is 0. The zero-order valence-electron chi connectivity index (χ0n) is 13.2. The summed E-state index contributed by atoms with van der Waals surface area (Å²) in [6, 6.07) is 11.9. The Morgan fingerprint density at radius 2 is 2.00 bits per heavy atom. The summed E-state index contributed by atoms with van der Waals surface area (Å²) < 4.78 is 7.24. The second-order valence-corrected chi connectivity index (χ2v) is 5.39. The number of aromatic amines is 1. The number of aromatic nitrogens is 7. The van der Waals surface area contributed by atoms with Crippen LogP contribution < -0.4 is 4.74 Å². The van der Waals surface area contributed by atoms with Crippen LogP contribution in [-0.2, 0) is 0 Å². The highest BCUT2D eigenvalue weighted by atomic mass is 16.5. The molecule has 0 bridgehead atoms. The van der Waals surface area contributed by atoms with E-state index in [4.69, 9.17) is 4.74 Å². The molecule has 2 heterocycles. The molecule has 4 rings (SSSR count). The number of nitrogens with zero attached hydrogens (tertiary/aromatic N) is 6. The molecule has 2 aromatic heterocycles. The molecule has 120 valence electrons. The first-order valence-electron chi connectivity index (χ1n) is 7.49. The van der Waals surface area contributed by atoms with Gasteiger partial charge in [0.15, 0.2) is 5.82 Å². The molecule has 0 radical (unpaired) electrons. The highest BCUT2D eigenvalue weighted by Gasteiger charge is 2.18. The Balaban J connectivity index is 1.84. The van der Waals surface area contributed by atoms with Crippen molar-refractivity contribution in [2.75, 3.05) is 7.11 Å². The van der Waals surface area contributed by atoms with Crippen molar-refractivity contribution in [3.63, 3.8) is 0 Å². The fourth-order valence-electron chi connectivity index (χ4n) is 2.73. The zero-order chi connectivity index (χ0) is 16.5. The van der Waals surface area contributed by atoms with E-state index in [0.717, 1.165) is 27.8 Å². The van der Waals surface area contributed by atoms with Gasteiger partial charge in [0.2, 0.25) is 0 Å². The first-order valence-corrected chi connectivity index (χ1v) is 7.49. The van der Waals surface area contributed by atoms with Crippen LogP contribution in [0.15, 0.2) is 42.6 Å². The summed E-state index contributed by atoms with van der Waals surface area (Å²) in [6.45, 7) is 1.93. The molecular formula is C16H15N7O. The van der Waals surface area contributed by atoms with Gasteiger partial charge in [-0.1, -0.05) is 40.8 Å². The molecule has 0 aliphatic rings. The van der Waals surface area contributed by atoms with E-state index in [0.29, 0.717) is 5.82 Å². The average Bonchev–Trinajstić information content (AvgIpc) is 3.32. The van der Waals surface area contributed by atoms with Gasteiger partial charge in [0.05, 0.1) is 18.9 Å². The minimum absolute atomic E-state index is 0.175. The van der Waals surface area contributed by atoms with Crippen molar-refractivity contribution in [3.05, 3.63) is 48.4 Å². The van der Waals surface area contributed by atoms with Crippen molar-refractivity contribution in [2.24, 2.45) is 0 Å². The monoisotopic (exact) mass is 321 g/mol. The van der Waals surface area contributed by atoms with Gasteiger partial charge in [0, 0.05) is 0 Å². The Hall–Kier alpha value is -3.29. The van der Waals surface area contributed by atoms with Crippen LogP contribution in [0.3, 0.4) is 0 Å². The first kappa shape index (κ1) is 14.3. The molecule has 0 fully saturated rings. The van der Waals surface area contributed by atoms with Gasteiger partial charge in [-0.2, -0.15) is 5.21 Å². The fourth-order valence-corrected chi connectivity index (χ4v) is 2.73. The number of rotatable bonds is 4. The normalized spacial score (nSPS) is 12.4. The number of tetrazole rings is 1. The Bertz CT molecular complexity index is 977. The average molecular weight is 321 g/mol. The van der Waals surface area contributed by atoms with Crippen LogP contribution in [0.5, 0.6) is 5.75 Å². The molecule has 4 aromatic rings. The van der Waals surface area contributed by atoms with Crippen LogP contribution in [-0.4, -0.2) is 42.7 Å². The summed E-state index contributed by atoms with van der Waals surface area (Å²) in [7, 11) is 1.65. The van der Waals surface area contributed by atoms with E-state index in [1.807, 2.05) is 37.4 Å². The van der Waals surface area contributed by atoms with Crippen LogP contribution in [0, 0.1) is 0 Å². The van der Waals surface area contributed by atoms with E-state index in [1.165, 1.54) is 0 Å². The van der Waals surface area contributed by atoms with E-state index in [1.54, 1.807) is 11.8 Å². The molecular weight excluding hydrogens is 306 g/mol. The van der Waals surface area contributed by atoms with Crippen molar-refractivity contribution >= 4 is 10.8 Å². The second-order valence-electron chi connectivity index (χ2n) is 5.39. The van der Waals surface area contributed by atoms with Crippen molar-refractivity contribution < 1.29 is 4.74 Å². The van der Waals surface area contributed by atoms with Crippen molar-refractivity contribution in [1.29, 1.82) is 0 Å². The molecule has 0 amide bonds. The summed E-state index contributed by atoms with van der Waals surface area (Å²) in [5.41, 5.74) is 1.65. The molecule has 1 N–H and O–H groups in total. The lowest BCUT2D eigenvalue weighted by molar-refractivity contribution is 0.417. The Morgan fingerprint density at radius 1 is 1.12 bits per heavy atom. The number of hydrogen-bond donors (Lipinski definition) is 1. The minimum Gasteiger partial charge on any atom is -0.496 e. The molecule has 8 nitrogen and oxygen atoms in total. The van der Waals surface area contributed by atoms with Gasteiger partial charge >= 0.3 is 0 Å². The molecule has 0 aliphatic carbocycles. The predicted molar refractivity (Wildman–Crippen MR) is 87.5 cm³/mol. The quantitative estimate of drug-likeness (QED) is 0.619. The number of ether oxygens (including phenoxy) is 1. The highest BCUT2D eigenvalue weighted by Crippen LogP contribution is 2.36. The number of methoxy groups -OCH3 is 1. The third-order valence-corrected chi connectivity index (χ3v) is 4.01. The van der Waals surface area contributed by atoms with Crippen LogP contribution in [0.2, 0.25) is 0 Å². The standard InChI is InChI=1S/C16H15N7O/c1-10(16-18-20-21-19-16)23-9-13(17-22-23)15-12-6-4-3-5-11(12)7-8-14(15)24-2/h3-10H,1-2H3,(H,18,19,20,21)/t10-/m0/s1. The van der Waals surface area contributed by atoms with Crippen LogP contribution in [0.4, 0.5) is 0 Å². The van der Waals surface area contributed by atoms with Crippen LogP contribution >= 0.6 is 0 Å². The lowest BCUT2D eigenvalue weighted by Gasteiger charge is -2.10. The Labute approximate surface area is 137 Å². The van der Waals surface area contributed by atoms with Gasteiger partial charge < -0.3 is 4.74 Å². The SMILES string of the molecule is COc1ccc2ccccc2c1-c1cn([C@@H](C)c2nn[nH]n2)nn1. The summed E-state index contributed by atoms with van der Waals surface area (Å²) in [6.07, 6.45) is 1.87. The molecule has 2 aromatic carbocycles. The predicted octanol–water partition coefficient (Wildman–Crippen LogP) is 2.23. The van der Waals surface area contributed by atoms with Gasteiger partial charge in [0.25, 0.3) is 0 Å². The molecule has 0 saturated carbocycles. The lowest BCUT2D eigenvalue weighted by Crippen LogP contribution is -2.09.